The van der Waals surface area contributed by atoms with Crippen LogP contribution in [0.5, 0.6) is 5.75 Å². The van der Waals surface area contributed by atoms with Gasteiger partial charge in [0.1, 0.15) is 5.75 Å². The Hall–Kier alpha value is -3.04. The van der Waals surface area contributed by atoms with Crippen LogP contribution in [0, 0.1) is 10.1 Å². The first-order valence-electron chi connectivity index (χ1n) is 8.54. The van der Waals surface area contributed by atoms with Gasteiger partial charge in [-0.05, 0) is 38.4 Å². The van der Waals surface area contributed by atoms with Gasteiger partial charge in [-0.15, -0.1) is 0 Å². The monoisotopic (exact) mass is 400 g/mol. The number of aromatic nitrogens is 1. The summed E-state index contributed by atoms with van der Waals surface area (Å²) in [6, 6.07) is 11.3. The van der Waals surface area contributed by atoms with Crippen molar-refractivity contribution in [2.45, 2.75) is 0 Å². The number of carbonyl (C=O) groups excluding carboxylic acids is 1. The molecule has 0 radical (unpaired) electrons. The van der Waals surface area contributed by atoms with Crippen LogP contribution in [0.2, 0.25) is 0 Å². The smallest absolute Gasteiger partial charge is 0.270 e. The van der Waals surface area contributed by atoms with Gasteiger partial charge in [0, 0.05) is 30.8 Å². The molecule has 0 aliphatic rings. The third kappa shape index (κ3) is 4.26. The maximum absolute atomic E-state index is 13.2. The van der Waals surface area contributed by atoms with Gasteiger partial charge in [-0.2, -0.15) is 0 Å². The average molecular weight is 400 g/mol. The van der Waals surface area contributed by atoms with E-state index in [1.807, 2.05) is 37.2 Å². The highest BCUT2D eigenvalue weighted by molar-refractivity contribution is 7.22. The van der Waals surface area contributed by atoms with Crippen LogP contribution in [0.25, 0.3) is 10.2 Å². The lowest BCUT2D eigenvalue weighted by molar-refractivity contribution is -0.384. The Bertz CT molecular complexity index is 1020. The lowest BCUT2D eigenvalue weighted by Crippen LogP contribution is -2.36. The van der Waals surface area contributed by atoms with Crippen LogP contribution in [-0.2, 0) is 0 Å². The van der Waals surface area contributed by atoms with Crippen LogP contribution in [0.15, 0.2) is 42.5 Å². The second-order valence-corrected chi connectivity index (χ2v) is 7.41. The minimum absolute atomic E-state index is 0.118. The standard InChI is InChI=1S/C19H20N4O4S/c1-21(2)9-10-22(18(24)13-5-4-6-14(11-13)23(25)26)19-20-16-8-7-15(27-3)12-17(16)28-19/h4-8,11-12H,9-10H2,1-3H3. The Kier molecular flexibility index (Phi) is 5.86. The summed E-state index contributed by atoms with van der Waals surface area (Å²) in [5.74, 6) is 0.393. The average Bonchev–Trinajstić information content (AvgIpc) is 3.10. The first kappa shape index (κ1) is 19.7. The number of nitro benzene ring substituents is 1. The number of nitrogens with zero attached hydrogens (tertiary/aromatic N) is 4. The van der Waals surface area contributed by atoms with E-state index in [1.54, 1.807) is 18.1 Å². The second-order valence-electron chi connectivity index (χ2n) is 6.40. The summed E-state index contributed by atoms with van der Waals surface area (Å²) in [6.45, 7) is 1.03. The van der Waals surface area contributed by atoms with Crippen LogP contribution in [0.4, 0.5) is 10.8 Å². The Labute approximate surface area is 166 Å². The van der Waals surface area contributed by atoms with Crippen LogP contribution < -0.4 is 9.64 Å². The highest BCUT2D eigenvalue weighted by atomic mass is 32.1. The summed E-state index contributed by atoms with van der Waals surface area (Å²) in [5.41, 5.74) is 0.903. The van der Waals surface area contributed by atoms with Crippen molar-refractivity contribution < 1.29 is 14.5 Å². The number of ether oxygens (including phenoxy) is 1. The normalized spacial score (nSPS) is 11.0. The zero-order chi connectivity index (χ0) is 20.3. The molecule has 9 heteroatoms. The minimum Gasteiger partial charge on any atom is -0.497 e. The predicted molar refractivity (Wildman–Crippen MR) is 109 cm³/mol. The maximum Gasteiger partial charge on any atom is 0.270 e. The zero-order valence-electron chi connectivity index (χ0n) is 15.8. The SMILES string of the molecule is COc1ccc2nc(N(CCN(C)C)C(=O)c3cccc([N+](=O)[O-])c3)sc2c1. The van der Waals surface area contributed by atoms with E-state index in [9.17, 15) is 14.9 Å². The van der Waals surface area contributed by atoms with E-state index < -0.39 is 4.92 Å². The molecule has 0 unspecified atom stereocenters. The fourth-order valence-corrected chi connectivity index (χ4v) is 3.65. The molecule has 0 N–H and O–H groups in total. The van der Waals surface area contributed by atoms with E-state index >= 15 is 0 Å². The summed E-state index contributed by atoms with van der Waals surface area (Å²) in [7, 11) is 5.43. The molecule has 1 heterocycles. The maximum atomic E-state index is 13.2. The van der Waals surface area contributed by atoms with Crippen LogP contribution in [0.1, 0.15) is 10.4 Å². The molecule has 1 aromatic heterocycles. The van der Waals surface area contributed by atoms with Crippen molar-refractivity contribution in [2.75, 3.05) is 39.2 Å². The van der Waals surface area contributed by atoms with Gasteiger partial charge in [-0.25, -0.2) is 4.98 Å². The summed E-state index contributed by atoms with van der Waals surface area (Å²) in [4.78, 5) is 31.8. The van der Waals surface area contributed by atoms with Crippen molar-refractivity contribution in [1.29, 1.82) is 0 Å². The van der Waals surface area contributed by atoms with E-state index in [0.717, 1.165) is 10.2 Å². The zero-order valence-corrected chi connectivity index (χ0v) is 16.6. The molecule has 0 bridgehead atoms. The van der Waals surface area contributed by atoms with E-state index in [2.05, 4.69) is 4.98 Å². The Morgan fingerprint density at radius 2 is 2.00 bits per heavy atom. The van der Waals surface area contributed by atoms with Crippen molar-refractivity contribution in [3.63, 3.8) is 0 Å². The number of carbonyl (C=O) groups is 1. The van der Waals surface area contributed by atoms with Crippen molar-refractivity contribution in [2.24, 2.45) is 0 Å². The van der Waals surface area contributed by atoms with E-state index in [4.69, 9.17) is 4.74 Å². The highest BCUT2D eigenvalue weighted by Gasteiger charge is 2.23. The van der Waals surface area contributed by atoms with Gasteiger partial charge in [0.15, 0.2) is 5.13 Å². The number of anilines is 1. The highest BCUT2D eigenvalue weighted by Crippen LogP contribution is 2.32. The summed E-state index contributed by atoms with van der Waals surface area (Å²) < 4.78 is 6.15. The van der Waals surface area contributed by atoms with Gasteiger partial charge >= 0.3 is 0 Å². The molecule has 0 spiro atoms. The number of hydrogen-bond donors (Lipinski definition) is 0. The van der Waals surface area contributed by atoms with Crippen molar-refractivity contribution >= 4 is 38.3 Å². The lowest BCUT2D eigenvalue weighted by Gasteiger charge is -2.22. The van der Waals surface area contributed by atoms with Gasteiger partial charge in [0.05, 0.1) is 22.2 Å². The number of thiazole rings is 1. The molecule has 0 aliphatic carbocycles. The number of amides is 1. The third-order valence-corrected chi connectivity index (χ3v) is 5.18. The largest absolute Gasteiger partial charge is 0.497 e. The Morgan fingerprint density at radius 3 is 2.68 bits per heavy atom. The molecular formula is C19H20N4O4S. The summed E-state index contributed by atoms with van der Waals surface area (Å²) in [6.07, 6.45) is 0. The number of nitro groups is 1. The van der Waals surface area contributed by atoms with Gasteiger partial charge in [0.2, 0.25) is 0 Å². The number of non-ortho nitro benzene ring substituents is 1. The fourth-order valence-electron chi connectivity index (χ4n) is 2.63. The minimum atomic E-state index is -0.509. The van der Waals surface area contributed by atoms with Crippen molar-refractivity contribution in [1.82, 2.24) is 9.88 Å². The topological polar surface area (TPSA) is 88.8 Å². The first-order valence-corrected chi connectivity index (χ1v) is 9.36. The molecule has 0 saturated heterocycles. The third-order valence-electron chi connectivity index (χ3n) is 4.14. The fraction of sp³-hybridized carbons (Fsp3) is 0.263. The molecule has 0 atom stereocenters. The molecule has 1 amide bonds. The van der Waals surface area contributed by atoms with E-state index in [0.29, 0.717) is 24.0 Å². The van der Waals surface area contributed by atoms with Gasteiger partial charge < -0.3 is 9.64 Å². The molecular weight excluding hydrogens is 380 g/mol. The van der Waals surface area contributed by atoms with Crippen molar-refractivity contribution in [3.8, 4) is 5.75 Å². The molecule has 8 nitrogen and oxygen atoms in total. The van der Waals surface area contributed by atoms with E-state index in [-0.39, 0.29) is 17.2 Å². The van der Waals surface area contributed by atoms with Crippen molar-refractivity contribution in [3.05, 3.63) is 58.1 Å². The van der Waals surface area contributed by atoms with Crippen LogP contribution >= 0.6 is 11.3 Å². The van der Waals surface area contributed by atoms with E-state index in [1.165, 1.54) is 29.5 Å². The number of likely N-dealkylation sites (N-methyl/N-ethyl adjacent to an activating group) is 1. The Balaban J connectivity index is 2.00. The Morgan fingerprint density at radius 1 is 1.21 bits per heavy atom. The number of methoxy groups -OCH3 is 1. The molecule has 0 aliphatic heterocycles. The number of fused-ring (bicyclic) bond motifs is 1. The quantitative estimate of drug-likeness (QED) is 0.446. The van der Waals surface area contributed by atoms with Crippen LogP contribution in [-0.4, -0.2) is 55.0 Å². The first-order chi connectivity index (χ1) is 13.4. The summed E-state index contributed by atoms with van der Waals surface area (Å²) in [5, 5.41) is 11.6. The number of benzene rings is 2. The predicted octanol–water partition coefficient (Wildman–Crippen LogP) is 3.42. The summed E-state index contributed by atoms with van der Waals surface area (Å²) >= 11 is 1.38. The molecule has 2 aromatic carbocycles. The number of hydrogen-bond acceptors (Lipinski definition) is 7. The molecule has 0 saturated carbocycles. The molecule has 3 aromatic rings. The molecule has 3 rings (SSSR count). The van der Waals surface area contributed by atoms with Gasteiger partial charge in [0.25, 0.3) is 11.6 Å². The molecule has 146 valence electrons. The molecule has 28 heavy (non-hydrogen) atoms. The van der Waals surface area contributed by atoms with Gasteiger partial charge in [-0.1, -0.05) is 17.4 Å². The lowest BCUT2D eigenvalue weighted by atomic mass is 10.2. The number of rotatable bonds is 7. The molecule has 0 fully saturated rings. The van der Waals surface area contributed by atoms with Crippen LogP contribution in [0.3, 0.4) is 0 Å². The van der Waals surface area contributed by atoms with Gasteiger partial charge in [-0.3, -0.25) is 19.8 Å². The second kappa shape index (κ2) is 8.32.